The number of benzene rings is 2. The number of carbonyl (C=O) groups excluding carboxylic acids is 1. The molecule has 138 valence electrons. The van der Waals surface area contributed by atoms with Gasteiger partial charge >= 0.3 is 0 Å². The number of hydrogen-bond donors (Lipinski definition) is 1. The molecule has 0 aliphatic carbocycles. The van der Waals surface area contributed by atoms with E-state index in [0.717, 1.165) is 0 Å². The van der Waals surface area contributed by atoms with E-state index in [0.29, 0.717) is 35.7 Å². The lowest BCUT2D eigenvalue weighted by molar-refractivity contribution is -0.115. The molecule has 2 aromatic carbocycles. The fraction of sp³-hybridized carbons (Fsp3) is 0.278. The molecular formula is C18H19FN2O4S. The van der Waals surface area contributed by atoms with Gasteiger partial charge in [-0.1, -0.05) is 12.1 Å². The van der Waals surface area contributed by atoms with Crippen molar-refractivity contribution in [2.75, 3.05) is 29.0 Å². The molecule has 2 aromatic rings. The van der Waals surface area contributed by atoms with E-state index >= 15 is 0 Å². The average Bonchev–Trinajstić information content (AvgIpc) is 2.96. The fourth-order valence-electron chi connectivity index (χ4n) is 2.86. The normalized spacial score (nSPS) is 15.7. The van der Waals surface area contributed by atoms with Crippen molar-refractivity contribution in [3.63, 3.8) is 0 Å². The molecule has 1 heterocycles. The van der Waals surface area contributed by atoms with Gasteiger partial charge in [0.2, 0.25) is 15.9 Å². The largest absolute Gasteiger partial charge is 0.494 e. The van der Waals surface area contributed by atoms with Gasteiger partial charge in [0.15, 0.2) is 0 Å². The smallest absolute Gasteiger partial charge is 0.235 e. The molecule has 6 nitrogen and oxygen atoms in total. The van der Waals surface area contributed by atoms with Crippen molar-refractivity contribution in [3.05, 3.63) is 53.8 Å². The summed E-state index contributed by atoms with van der Waals surface area (Å²) in [5.41, 5.74) is 1.64. The van der Waals surface area contributed by atoms with Crippen molar-refractivity contribution in [1.82, 2.24) is 0 Å². The highest BCUT2D eigenvalue weighted by molar-refractivity contribution is 7.93. The van der Waals surface area contributed by atoms with Gasteiger partial charge in [-0.05, 0) is 36.2 Å². The molecule has 1 saturated heterocycles. The summed E-state index contributed by atoms with van der Waals surface area (Å²) in [7, 11) is -1.87. The Labute approximate surface area is 151 Å². The minimum Gasteiger partial charge on any atom is -0.494 e. The zero-order valence-electron chi connectivity index (χ0n) is 14.2. The number of halogens is 1. The Balaban J connectivity index is 1.75. The predicted molar refractivity (Wildman–Crippen MR) is 97.5 cm³/mol. The lowest BCUT2D eigenvalue weighted by Gasteiger charge is -2.20. The monoisotopic (exact) mass is 378 g/mol. The molecule has 0 aromatic heterocycles. The van der Waals surface area contributed by atoms with Crippen molar-refractivity contribution >= 4 is 27.3 Å². The number of rotatable bonds is 5. The number of amides is 1. The van der Waals surface area contributed by atoms with Gasteiger partial charge in [-0.25, -0.2) is 12.8 Å². The van der Waals surface area contributed by atoms with Crippen LogP contribution in [0.3, 0.4) is 0 Å². The van der Waals surface area contributed by atoms with Crippen LogP contribution >= 0.6 is 0 Å². The third kappa shape index (κ3) is 3.96. The van der Waals surface area contributed by atoms with Gasteiger partial charge in [-0.15, -0.1) is 0 Å². The molecule has 0 bridgehead atoms. The Hall–Kier alpha value is -2.61. The van der Waals surface area contributed by atoms with E-state index in [2.05, 4.69) is 5.32 Å². The highest BCUT2D eigenvalue weighted by atomic mass is 32.2. The van der Waals surface area contributed by atoms with Crippen molar-refractivity contribution in [3.8, 4) is 5.75 Å². The molecule has 1 aliphatic heterocycles. The predicted octanol–water partition coefficient (Wildman–Crippen LogP) is 2.56. The number of sulfonamides is 1. The summed E-state index contributed by atoms with van der Waals surface area (Å²) in [5, 5.41) is 2.74. The highest BCUT2D eigenvalue weighted by Crippen LogP contribution is 2.35. The molecule has 1 amide bonds. The van der Waals surface area contributed by atoms with Crippen LogP contribution in [0.5, 0.6) is 5.75 Å². The molecule has 3 rings (SSSR count). The van der Waals surface area contributed by atoms with Gasteiger partial charge in [-0.3, -0.25) is 9.10 Å². The molecular weight excluding hydrogens is 359 g/mol. The molecule has 1 aliphatic rings. The molecule has 26 heavy (non-hydrogen) atoms. The lowest BCUT2D eigenvalue weighted by atomic mass is 10.1. The summed E-state index contributed by atoms with van der Waals surface area (Å²) in [4.78, 5) is 12.2. The Bertz CT molecular complexity index is 913. The molecule has 0 atom stereocenters. The summed E-state index contributed by atoms with van der Waals surface area (Å²) in [6, 6.07) is 10.6. The second kappa shape index (κ2) is 7.33. The number of nitrogens with zero attached hydrogens (tertiary/aromatic N) is 1. The summed E-state index contributed by atoms with van der Waals surface area (Å²) >= 11 is 0. The van der Waals surface area contributed by atoms with Crippen LogP contribution in [0.15, 0.2) is 42.5 Å². The van der Waals surface area contributed by atoms with Crippen LogP contribution in [0.2, 0.25) is 0 Å². The van der Waals surface area contributed by atoms with Gasteiger partial charge in [0, 0.05) is 18.3 Å². The first-order valence-corrected chi connectivity index (χ1v) is 9.73. The number of nitrogens with one attached hydrogen (secondary N) is 1. The maximum absolute atomic E-state index is 12.9. The van der Waals surface area contributed by atoms with Gasteiger partial charge < -0.3 is 10.1 Å². The van der Waals surface area contributed by atoms with E-state index in [1.54, 1.807) is 30.3 Å². The standard InChI is InChI=1S/C18H19FN2O4S/c1-25-17-12-15(7-8-16(17)21-9-2-10-26(21,23)24)20-18(22)11-13-3-5-14(19)6-4-13/h3-8,12H,2,9-11H2,1H3,(H,20,22). The number of carbonyl (C=O) groups is 1. The Kier molecular flexibility index (Phi) is 5.13. The van der Waals surface area contributed by atoms with E-state index < -0.39 is 10.0 Å². The zero-order valence-corrected chi connectivity index (χ0v) is 15.1. The average molecular weight is 378 g/mol. The van der Waals surface area contributed by atoms with Crippen LogP contribution in [0.4, 0.5) is 15.8 Å². The van der Waals surface area contributed by atoms with Gasteiger partial charge in [0.1, 0.15) is 11.6 Å². The molecule has 0 unspecified atom stereocenters. The summed E-state index contributed by atoms with van der Waals surface area (Å²) in [6.45, 7) is 0.412. The maximum atomic E-state index is 12.9. The third-order valence-corrected chi connectivity index (χ3v) is 5.96. The molecule has 1 fully saturated rings. The number of methoxy groups -OCH3 is 1. The second-order valence-corrected chi connectivity index (χ2v) is 7.99. The second-order valence-electron chi connectivity index (χ2n) is 5.98. The van der Waals surface area contributed by atoms with Crippen molar-refractivity contribution < 1.29 is 22.3 Å². The van der Waals surface area contributed by atoms with E-state index in [9.17, 15) is 17.6 Å². The first-order valence-electron chi connectivity index (χ1n) is 8.12. The number of hydrogen-bond acceptors (Lipinski definition) is 4. The van der Waals surface area contributed by atoms with E-state index in [-0.39, 0.29) is 23.9 Å². The van der Waals surface area contributed by atoms with Crippen molar-refractivity contribution in [2.45, 2.75) is 12.8 Å². The van der Waals surface area contributed by atoms with Crippen molar-refractivity contribution in [2.24, 2.45) is 0 Å². The van der Waals surface area contributed by atoms with Crippen LogP contribution in [-0.4, -0.2) is 33.7 Å². The molecule has 0 spiro atoms. The molecule has 0 saturated carbocycles. The highest BCUT2D eigenvalue weighted by Gasteiger charge is 2.30. The van der Waals surface area contributed by atoms with Crippen LogP contribution in [0.25, 0.3) is 0 Å². The summed E-state index contributed by atoms with van der Waals surface area (Å²) in [6.07, 6.45) is 0.673. The lowest BCUT2D eigenvalue weighted by Crippen LogP contribution is -2.25. The quantitative estimate of drug-likeness (QED) is 0.868. The van der Waals surface area contributed by atoms with Crippen LogP contribution < -0.4 is 14.4 Å². The molecule has 1 N–H and O–H groups in total. The topological polar surface area (TPSA) is 75.7 Å². The van der Waals surface area contributed by atoms with Crippen LogP contribution in [0.1, 0.15) is 12.0 Å². The molecule has 0 radical (unpaired) electrons. The number of ether oxygens (including phenoxy) is 1. The van der Waals surface area contributed by atoms with Crippen LogP contribution in [-0.2, 0) is 21.2 Å². The van der Waals surface area contributed by atoms with Gasteiger partial charge in [0.25, 0.3) is 0 Å². The maximum Gasteiger partial charge on any atom is 0.235 e. The van der Waals surface area contributed by atoms with Crippen LogP contribution in [0, 0.1) is 5.82 Å². The fourth-order valence-corrected chi connectivity index (χ4v) is 4.44. The van der Waals surface area contributed by atoms with E-state index in [1.807, 2.05) is 0 Å². The zero-order chi connectivity index (χ0) is 18.7. The summed E-state index contributed by atoms with van der Waals surface area (Å²) in [5.74, 6) is -0.131. The Morgan fingerprint density at radius 2 is 1.96 bits per heavy atom. The third-order valence-electron chi connectivity index (χ3n) is 4.11. The molecule has 8 heteroatoms. The van der Waals surface area contributed by atoms with Gasteiger partial charge in [0.05, 0.1) is 25.0 Å². The van der Waals surface area contributed by atoms with E-state index in [4.69, 9.17) is 4.74 Å². The van der Waals surface area contributed by atoms with Crippen molar-refractivity contribution in [1.29, 1.82) is 0 Å². The Morgan fingerprint density at radius 3 is 2.58 bits per heavy atom. The first-order chi connectivity index (χ1) is 12.4. The minimum absolute atomic E-state index is 0.102. The Morgan fingerprint density at radius 1 is 1.23 bits per heavy atom. The van der Waals surface area contributed by atoms with E-state index in [1.165, 1.54) is 23.5 Å². The SMILES string of the molecule is COc1cc(NC(=O)Cc2ccc(F)cc2)ccc1N1CCCS1(=O)=O. The minimum atomic E-state index is -3.32. The summed E-state index contributed by atoms with van der Waals surface area (Å²) < 4.78 is 43.7. The first kappa shape index (κ1) is 18.2. The number of anilines is 2. The van der Waals surface area contributed by atoms with Gasteiger partial charge in [-0.2, -0.15) is 0 Å².